The molecule has 5 unspecified atom stereocenters. The summed E-state index contributed by atoms with van der Waals surface area (Å²) in [4.78, 5) is 25.6. The largest absolute Gasteiger partial charge is 0.462 e. The van der Waals surface area contributed by atoms with Crippen molar-refractivity contribution in [3.8, 4) is 0 Å². The third-order valence-corrected chi connectivity index (χ3v) is 10.9. The lowest BCUT2D eigenvalue weighted by atomic mass is 9.98. The highest BCUT2D eigenvalue weighted by atomic mass is 16.7. The number of unbranched alkanes of at least 4 members (excludes halogenated alkanes) is 14. The van der Waals surface area contributed by atoms with Crippen LogP contribution in [0.15, 0.2) is 36.5 Å². The van der Waals surface area contributed by atoms with Gasteiger partial charge in [-0.3, -0.25) is 9.59 Å². The molecule has 0 aromatic carbocycles. The maximum absolute atomic E-state index is 12.9. The van der Waals surface area contributed by atoms with Gasteiger partial charge in [0.05, 0.1) is 19.8 Å². The molecule has 2 heterocycles. The molecule has 2 fully saturated rings. The van der Waals surface area contributed by atoms with Gasteiger partial charge in [-0.15, -0.1) is 0 Å². The Morgan fingerprint density at radius 3 is 1.64 bits per heavy atom. The van der Waals surface area contributed by atoms with Crippen LogP contribution in [0.5, 0.6) is 0 Å². The predicted octanol–water partition coefficient (Wildman–Crippen LogP) is 4.98. The Hall–Kier alpha value is -2.28. The van der Waals surface area contributed by atoms with Crippen molar-refractivity contribution in [3.63, 3.8) is 0 Å². The van der Waals surface area contributed by atoms with Crippen molar-refractivity contribution in [1.82, 2.24) is 0 Å². The standard InChI is InChI=1S/C46H80O15/c1-3-5-7-9-11-13-15-17-19-21-23-25-27-29-38(49)59-34(31-56-37(48)28-26-24-22-20-18-16-14-12-10-8-6-4-2)32-57-45-44(55)42(53)40(51)36(61-45)33-58-46-43(54)41(52)39(50)35(30-47)60-46/h12,14,17,19,23,25,34-36,39-47,50-55H,3-11,13,15-16,18,20-22,24,26-33H2,1-2H3/b14-12+,19-17+,25-23+/t34?,35-,36-,39+,40+,41?,42?,43?,44?,45-,46-/m1/s1. The van der Waals surface area contributed by atoms with Crippen molar-refractivity contribution in [1.29, 1.82) is 0 Å². The van der Waals surface area contributed by atoms with Crippen LogP contribution < -0.4 is 0 Å². The Morgan fingerprint density at radius 2 is 1.02 bits per heavy atom. The highest BCUT2D eigenvalue weighted by Gasteiger charge is 2.47. The molecule has 0 aromatic heterocycles. The summed E-state index contributed by atoms with van der Waals surface area (Å²) in [5.74, 6) is -1.02. The van der Waals surface area contributed by atoms with Crippen LogP contribution in [0.3, 0.4) is 0 Å². The minimum atomic E-state index is -1.77. The first-order valence-corrected chi connectivity index (χ1v) is 23.1. The highest BCUT2D eigenvalue weighted by molar-refractivity contribution is 5.70. The van der Waals surface area contributed by atoms with E-state index in [-0.39, 0.29) is 19.4 Å². The van der Waals surface area contributed by atoms with Crippen LogP contribution in [0.1, 0.15) is 149 Å². The number of hydrogen-bond acceptors (Lipinski definition) is 15. The van der Waals surface area contributed by atoms with Gasteiger partial charge in [0.2, 0.25) is 0 Å². The summed E-state index contributed by atoms with van der Waals surface area (Å²) in [7, 11) is 0. The molecule has 0 spiro atoms. The van der Waals surface area contributed by atoms with Gasteiger partial charge < -0.3 is 64.2 Å². The molecular weight excluding hydrogens is 792 g/mol. The Labute approximate surface area is 364 Å². The lowest BCUT2D eigenvalue weighted by molar-refractivity contribution is -0.332. The molecule has 0 bridgehead atoms. The maximum Gasteiger partial charge on any atom is 0.306 e. The number of carbonyl (C=O) groups excluding carboxylic acids is 2. The summed E-state index contributed by atoms with van der Waals surface area (Å²) in [6.07, 6.45) is 16.3. The van der Waals surface area contributed by atoms with Crippen LogP contribution in [0, 0.1) is 0 Å². The van der Waals surface area contributed by atoms with E-state index in [0.717, 1.165) is 51.4 Å². The Morgan fingerprint density at radius 1 is 0.525 bits per heavy atom. The number of esters is 2. The SMILES string of the molecule is CCCCC/C=C/CCCCCCCC(=O)OCC(CO[C@@H]1O[C@H](CO[C@@H]2O[C@H](CO)[C@H](O)C(O)C2O)[C@H](O)C(O)C1O)OC(=O)CC/C=C/C/C=C/CCCCCCCC. The van der Waals surface area contributed by atoms with Gasteiger partial charge in [0.15, 0.2) is 18.7 Å². The first kappa shape index (κ1) is 54.9. The minimum Gasteiger partial charge on any atom is -0.462 e. The Kier molecular flexibility index (Phi) is 30.7. The Balaban J connectivity index is 1.89. The third kappa shape index (κ3) is 23.3. The van der Waals surface area contributed by atoms with E-state index < -0.39 is 99.3 Å². The zero-order valence-electron chi connectivity index (χ0n) is 36.9. The van der Waals surface area contributed by atoms with Crippen LogP contribution in [0.25, 0.3) is 0 Å². The first-order chi connectivity index (χ1) is 29.5. The summed E-state index contributed by atoms with van der Waals surface area (Å²) in [6, 6.07) is 0. The molecule has 0 saturated carbocycles. The van der Waals surface area contributed by atoms with Gasteiger partial charge in [0.25, 0.3) is 0 Å². The number of allylic oxidation sites excluding steroid dienone is 6. The molecular formula is C46H80O15. The van der Waals surface area contributed by atoms with E-state index in [0.29, 0.717) is 12.8 Å². The third-order valence-electron chi connectivity index (χ3n) is 10.9. The summed E-state index contributed by atoms with van der Waals surface area (Å²) in [5.41, 5.74) is 0. The van der Waals surface area contributed by atoms with Crippen LogP contribution in [0.2, 0.25) is 0 Å². The van der Waals surface area contributed by atoms with Gasteiger partial charge >= 0.3 is 11.9 Å². The van der Waals surface area contributed by atoms with Crippen molar-refractivity contribution < 1.29 is 73.8 Å². The number of aliphatic hydroxyl groups is 7. The molecule has 0 radical (unpaired) electrons. The molecule has 0 aromatic rings. The van der Waals surface area contributed by atoms with Crippen molar-refractivity contribution in [2.24, 2.45) is 0 Å². The fraction of sp³-hybridized carbons (Fsp3) is 0.826. The second kappa shape index (κ2) is 34.2. The molecule has 0 amide bonds. The fourth-order valence-electron chi connectivity index (χ4n) is 6.97. The van der Waals surface area contributed by atoms with E-state index >= 15 is 0 Å². The minimum absolute atomic E-state index is 0.0574. The molecule has 7 N–H and O–H groups in total. The average molecular weight is 873 g/mol. The molecule has 0 aliphatic carbocycles. The van der Waals surface area contributed by atoms with Gasteiger partial charge in [-0.25, -0.2) is 0 Å². The second-order valence-electron chi connectivity index (χ2n) is 16.2. The van der Waals surface area contributed by atoms with E-state index in [1.165, 1.54) is 57.8 Å². The van der Waals surface area contributed by atoms with Gasteiger partial charge in [-0.2, -0.15) is 0 Å². The number of carbonyl (C=O) groups is 2. The smallest absolute Gasteiger partial charge is 0.306 e. The van der Waals surface area contributed by atoms with E-state index in [1.807, 2.05) is 12.2 Å². The molecule has 2 saturated heterocycles. The van der Waals surface area contributed by atoms with Crippen LogP contribution in [-0.4, -0.2) is 142 Å². The Bertz CT molecular complexity index is 1210. The molecule has 15 nitrogen and oxygen atoms in total. The summed E-state index contributed by atoms with van der Waals surface area (Å²) in [6.45, 7) is 2.46. The molecule has 61 heavy (non-hydrogen) atoms. The van der Waals surface area contributed by atoms with E-state index in [2.05, 4.69) is 38.2 Å². The van der Waals surface area contributed by atoms with Gasteiger partial charge in [-0.05, 0) is 57.8 Å². The van der Waals surface area contributed by atoms with Crippen LogP contribution in [0.4, 0.5) is 0 Å². The van der Waals surface area contributed by atoms with E-state index in [1.54, 1.807) is 0 Å². The van der Waals surface area contributed by atoms with Crippen LogP contribution >= 0.6 is 0 Å². The predicted molar refractivity (Wildman–Crippen MR) is 229 cm³/mol. The summed E-state index contributed by atoms with van der Waals surface area (Å²) >= 11 is 0. The monoisotopic (exact) mass is 873 g/mol. The number of hydrogen-bond donors (Lipinski definition) is 7. The average Bonchev–Trinajstić information content (AvgIpc) is 3.25. The van der Waals surface area contributed by atoms with Crippen LogP contribution in [-0.2, 0) is 38.0 Å². The van der Waals surface area contributed by atoms with E-state index in [4.69, 9.17) is 28.4 Å². The molecule has 15 heteroatoms. The highest BCUT2D eigenvalue weighted by Crippen LogP contribution is 2.26. The number of aliphatic hydroxyl groups excluding tert-OH is 7. The number of ether oxygens (including phenoxy) is 6. The van der Waals surface area contributed by atoms with Gasteiger partial charge in [0, 0.05) is 12.8 Å². The lowest BCUT2D eigenvalue weighted by Gasteiger charge is -2.42. The first-order valence-electron chi connectivity index (χ1n) is 23.1. The second-order valence-corrected chi connectivity index (χ2v) is 16.2. The quantitative estimate of drug-likeness (QED) is 0.0257. The zero-order chi connectivity index (χ0) is 44.7. The summed E-state index contributed by atoms with van der Waals surface area (Å²) in [5, 5.41) is 71.8. The fourth-order valence-corrected chi connectivity index (χ4v) is 6.97. The lowest BCUT2D eigenvalue weighted by Crippen LogP contribution is -2.61. The maximum atomic E-state index is 12.9. The molecule has 2 rings (SSSR count). The van der Waals surface area contributed by atoms with E-state index in [9.17, 15) is 45.3 Å². The molecule has 2 aliphatic heterocycles. The normalized spacial score (nSPS) is 27.6. The molecule has 354 valence electrons. The van der Waals surface area contributed by atoms with Crippen molar-refractivity contribution in [2.45, 2.75) is 216 Å². The zero-order valence-corrected chi connectivity index (χ0v) is 36.9. The van der Waals surface area contributed by atoms with Gasteiger partial charge in [-0.1, -0.05) is 115 Å². The van der Waals surface area contributed by atoms with Crippen molar-refractivity contribution in [2.75, 3.05) is 26.4 Å². The summed E-state index contributed by atoms with van der Waals surface area (Å²) < 4.78 is 33.3. The number of rotatable bonds is 34. The molecule has 11 atom stereocenters. The van der Waals surface area contributed by atoms with Crippen molar-refractivity contribution >= 4 is 11.9 Å². The molecule has 2 aliphatic rings. The van der Waals surface area contributed by atoms with Gasteiger partial charge in [0.1, 0.15) is 55.4 Å². The topological polar surface area (TPSA) is 231 Å². The van der Waals surface area contributed by atoms with Crippen molar-refractivity contribution in [3.05, 3.63) is 36.5 Å².